The third-order valence-corrected chi connectivity index (χ3v) is 4.82. The summed E-state index contributed by atoms with van der Waals surface area (Å²) in [5.41, 5.74) is 7.84. The Hall–Kier alpha value is -0.930. The van der Waals surface area contributed by atoms with E-state index < -0.39 is 0 Å². The van der Waals surface area contributed by atoms with Crippen LogP contribution in [0.4, 0.5) is 4.39 Å². The van der Waals surface area contributed by atoms with Gasteiger partial charge in [-0.25, -0.2) is 4.39 Å². The number of hydrogen-bond acceptors (Lipinski definition) is 2. The van der Waals surface area contributed by atoms with E-state index in [1.807, 2.05) is 6.07 Å². The summed E-state index contributed by atoms with van der Waals surface area (Å²) < 4.78 is 13.4. The van der Waals surface area contributed by atoms with Crippen molar-refractivity contribution in [3.05, 3.63) is 35.1 Å². The van der Waals surface area contributed by atoms with Crippen LogP contribution in [0.15, 0.2) is 18.2 Å². The topological polar surface area (TPSA) is 29.3 Å². The lowest BCUT2D eigenvalue weighted by Gasteiger charge is -2.34. The molecule has 0 saturated heterocycles. The molecule has 1 aliphatic rings. The minimum atomic E-state index is -0.166. The van der Waals surface area contributed by atoms with Crippen LogP contribution in [0.2, 0.25) is 0 Å². The highest BCUT2D eigenvalue weighted by atomic mass is 19.1. The van der Waals surface area contributed by atoms with E-state index in [2.05, 4.69) is 18.9 Å². The van der Waals surface area contributed by atoms with Crippen LogP contribution in [-0.4, -0.2) is 18.0 Å². The predicted molar refractivity (Wildman–Crippen MR) is 81.8 cm³/mol. The number of rotatable bonds is 5. The van der Waals surface area contributed by atoms with Crippen molar-refractivity contribution in [3.63, 3.8) is 0 Å². The fourth-order valence-electron chi connectivity index (χ4n) is 3.33. The minimum Gasteiger partial charge on any atom is -0.326 e. The largest absolute Gasteiger partial charge is 0.326 e. The van der Waals surface area contributed by atoms with Gasteiger partial charge in [0.2, 0.25) is 0 Å². The molecule has 112 valence electrons. The van der Waals surface area contributed by atoms with Crippen LogP contribution in [0, 0.1) is 11.7 Å². The monoisotopic (exact) mass is 278 g/mol. The summed E-state index contributed by atoms with van der Waals surface area (Å²) in [6.45, 7) is 3.56. The third-order valence-electron chi connectivity index (χ3n) is 4.82. The van der Waals surface area contributed by atoms with Crippen LogP contribution in [-0.2, 0) is 13.1 Å². The zero-order chi connectivity index (χ0) is 14.5. The van der Waals surface area contributed by atoms with E-state index in [4.69, 9.17) is 5.73 Å². The molecule has 0 aromatic heterocycles. The van der Waals surface area contributed by atoms with Crippen LogP contribution in [0.5, 0.6) is 0 Å². The van der Waals surface area contributed by atoms with E-state index in [9.17, 15) is 4.39 Å². The predicted octanol–water partition coefficient (Wildman–Crippen LogP) is 3.69. The molecule has 1 saturated carbocycles. The SMILES string of the molecule is CCC1CCC(N(C)Cc2cc(F)ccc2CN)CC1. The Labute approximate surface area is 122 Å². The second-order valence-electron chi connectivity index (χ2n) is 6.12. The van der Waals surface area contributed by atoms with Crippen LogP contribution in [0.1, 0.15) is 50.2 Å². The molecular weight excluding hydrogens is 251 g/mol. The fraction of sp³-hybridized carbons (Fsp3) is 0.647. The molecule has 1 aromatic carbocycles. The third kappa shape index (κ3) is 3.80. The van der Waals surface area contributed by atoms with Gasteiger partial charge in [-0.2, -0.15) is 0 Å². The van der Waals surface area contributed by atoms with Crippen molar-refractivity contribution in [2.45, 2.75) is 58.2 Å². The van der Waals surface area contributed by atoms with Crippen molar-refractivity contribution in [3.8, 4) is 0 Å². The zero-order valence-corrected chi connectivity index (χ0v) is 12.7. The Morgan fingerprint density at radius 1 is 1.20 bits per heavy atom. The van der Waals surface area contributed by atoms with Crippen molar-refractivity contribution in [2.75, 3.05) is 7.05 Å². The van der Waals surface area contributed by atoms with Gasteiger partial charge in [-0.3, -0.25) is 4.90 Å². The maximum Gasteiger partial charge on any atom is 0.123 e. The summed E-state index contributed by atoms with van der Waals surface area (Å²) in [5.74, 6) is 0.744. The summed E-state index contributed by atoms with van der Waals surface area (Å²) in [6, 6.07) is 5.58. The zero-order valence-electron chi connectivity index (χ0n) is 12.7. The van der Waals surface area contributed by atoms with E-state index >= 15 is 0 Å². The first-order valence-electron chi connectivity index (χ1n) is 7.81. The summed E-state index contributed by atoms with van der Waals surface area (Å²) in [4.78, 5) is 2.37. The summed E-state index contributed by atoms with van der Waals surface area (Å²) in [7, 11) is 2.15. The maximum absolute atomic E-state index is 13.4. The molecule has 0 radical (unpaired) electrons. The van der Waals surface area contributed by atoms with Crippen LogP contribution >= 0.6 is 0 Å². The van der Waals surface area contributed by atoms with Crippen molar-refractivity contribution in [1.82, 2.24) is 4.90 Å². The molecule has 2 N–H and O–H groups in total. The molecule has 1 aliphatic carbocycles. The van der Waals surface area contributed by atoms with Crippen LogP contribution < -0.4 is 5.73 Å². The van der Waals surface area contributed by atoms with Gasteiger partial charge in [-0.05, 0) is 61.9 Å². The van der Waals surface area contributed by atoms with Gasteiger partial charge in [-0.15, -0.1) is 0 Å². The average molecular weight is 278 g/mol. The summed E-state index contributed by atoms with van der Waals surface area (Å²) in [6.07, 6.45) is 6.50. The Morgan fingerprint density at radius 3 is 2.50 bits per heavy atom. The van der Waals surface area contributed by atoms with E-state index in [1.54, 1.807) is 6.07 Å². The maximum atomic E-state index is 13.4. The van der Waals surface area contributed by atoms with Crippen molar-refractivity contribution in [1.29, 1.82) is 0 Å². The average Bonchev–Trinajstić information content (AvgIpc) is 2.47. The smallest absolute Gasteiger partial charge is 0.123 e. The van der Waals surface area contributed by atoms with Crippen molar-refractivity contribution in [2.24, 2.45) is 11.7 Å². The Kier molecular flexibility index (Phi) is 5.55. The normalized spacial score (nSPS) is 23.2. The first-order chi connectivity index (χ1) is 9.63. The molecular formula is C17H27FN2. The molecule has 0 bridgehead atoms. The van der Waals surface area contributed by atoms with Gasteiger partial charge in [0.1, 0.15) is 5.82 Å². The number of benzene rings is 1. The van der Waals surface area contributed by atoms with Gasteiger partial charge < -0.3 is 5.73 Å². The summed E-state index contributed by atoms with van der Waals surface area (Å²) >= 11 is 0. The lowest BCUT2D eigenvalue weighted by atomic mass is 9.84. The molecule has 2 nitrogen and oxygen atoms in total. The second-order valence-corrected chi connectivity index (χ2v) is 6.12. The molecule has 2 rings (SSSR count). The number of nitrogens with two attached hydrogens (primary N) is 1. The Morgan fingerprint density at radius 2 is 1.90 bits per heavy atom. The quantitative estimate of drug-likeness (QED) is 0.890. The first kappa shape index (κ1) is 15.5. The van der Waals surface area contributed by atoms with Crippen LogP contribution in [0.3, 0.4) is 0 Å². The van der Waals surface area contributed by atoms with E-state index in [1.165, 1.54) is 38.2 Å². The molecule has 0 heterocycles. The Balaban J connectivity index is 1.97. The van der Waals surface area contributed by atoms with Gasteiger partial charge in [0.05, 0.1) is 0 Å². The number of hydrogen-bond donors (Lipinski definition) is 1. The fourth-order valence-corrected chi connectivity index (χ4v) is 3.33. The van der Waals surface area contributed by atoms with E-state index in [-0.39, 0.29) is 5.82 Å². The van der Waals surface area contributed by atoms with Crippen molar-refractivity contribution >= 4 is 0 Å². The highest BCUT2D eigenvalue weighted by molar-refractivity contribution is 5.27. The first-order valence-corrected chi connectivity index (χ1v) is 7.81. The standard InChI is InChI=1S/C17H27FN2/c1-3-13-4-8-17(9-5-13)20(2)12-15-10-16(18)7-6-14(15)11-19/h6-7,10,13,17H,3-5,8-9,11-12,19H2,1-2H3. The molecule has 3 heteroatoms. The minimum absolute atomic E-state index is 0.166. The van der Waals surface area contributed by atoms with Gasteiger partial charge in [0, 0.05) is 19.1 Å². The molecule has 1 fully saturated rings. The van der Waals surface area contributed by atoms with Gasteiger partial charge in [-0.1, -0.05) is 19.4 Å². The summed E-state index contributed by atoms with van der Waals surface area (Å²) in [5, 5.41) is 0. The van der Waals surface area contributed by atoms with Gasteiger partial charge in [0.25, 0.3) is 0 Å². The molecule has 1 aromatic rings. The van der Waals surface area contributed by atoms with Gasteiger partial charge >= 0.3 is 0 Å². The van der Waals surface area contributed by atoms with E-state index in [0.29, 0.717) is 12.6 Å². The molecule has 0 atom stereocenters. The second kappa shape index (κ2) is 7.19. The molecule has 0 spiro atoms. The molecule has 0 amide bonds. The van der Waals surface area contributed by atoms with Gasteiger partial charge in [0.15, 0.2) is 0 Å². The lowest BCUT2D eigenvalue weighted by molar-refractivity contribution is 0.157. The van der Waals surface area contributed by atoms with E-state index in [0.717, 1.165) is 23.6 Å². The molecule has 0 aliphatic heterocycles. The highest BCUT2D eigenvalue weighted by Gasteiger charge is 2.23. The molecule has 0 unspecified atom stereocenters. The highest BCUT2D eigenvalue weighted by Crippen LogP contribution is 2.29. The van der Waals surface area contributed by atoms with Crippen molar-refractivity contribution < 1.29 is 4.39 Å². The number of halogens is 1. The van der Waals surface area contributed by atoms with Crippen LogP contribution in [0.25, 0.3) is 0 Å². The number of nitrogens with zero attached hydrogens (tertiary/aromatic N) is 1. The molecule has 20 heavy (non-hydrogen) atoms. The lowest BCUT2D eigenvalue weighted by Crippen LogP contribution is -2.35. The Bertz CT molecular complexity index is 425.